The molecule has 5 rings (SSSR count). The van der Waals surface area contributed by atoms with E-state index >= 15 is 0 Å². The van der Waals surface area contributed by atoms with Crippen molar-refractivity contribution < 1.29 is 21.6 Å². The highest BCUT2D eigenvalue weighted by molar-refractivity contribution is 7.89. The lowest BCUT2D eigenvalue weighted by Crippen LogP contribution is -2.62. The van der Waals surface area contributed by atoms with Crippen molar-refractivity contribution in [3.8, 4) is 0 Å². The van der Waals surface area contributed by atoms with Crippen LogP contribution in [0.4, 0.5) is 0 Å². The van der Waals surface area contributed by atoms with Crippen LogP contribution in [0.25, 0.3) is 0 Å². The molecule has 1 heterocycles. The summed E-state index contributed by atoms with van der Waals surface area (Å²) in [5, 5.41) is 3.08. The van der Waals surface area contributed by atoms with E-state index in [1.807, 2.05) is 0 Å². The van der Waals surface area contributed by atoms with Crippen LogP contribution in [0.15, 0.2) is 70.5 Å². The topological polar surface area (TPSA) is 104 Å². The summed E-state index contributed by atoms with van der Waals surface area (Å²) in [6.07, 6.45) is 4.25. The zero-order chi connectivity index (χ0) is 23.9. The standard InChI is InChI=1S/C24H29N3O5S2/c28-24(25-22-16-18-11-12-19(22)15-18)23-17-26(33(29,30)20-7-3-1-4-8-20)13-14-27(23)34(31,32)21-9-5-2-6-10-21/h1-10,18-19,22-23H,11-17H2,(H,25,28)/t18-,19-,22+,23-/m0/s1. The number of fused-ring (bicyclic) bond motifs is 2. The molecule has 3 aliphatic rings. The van der Waals surface area contributed by atoms with Crippen LogP contribution in [-0.4, -0.2) is 63.1 Å². The van der Waals surface area contributed by atoms with Gasteiger partial charge in [0.2, 0.25) is 26.0 Å². The smallest absolute Gasteiger partial charge is 0.243 e. The zero-order valence-electron chi connectivity index (χ0n) is 18.8. The molecule has 2 saturated carbocycles. The predicted octanol–water partition coefficient (Wildman–Crippen LogP) is 2.06. The Hall–Kier alpha value is -2.27. The van der Waals surface area contributed by atoms with Gasteiger partial charge >= 0.3 is 0 Å². The molecule has 1 saturated heterocycles. The molecule has 1 aliphatic heterocycles. The number of nitrogens with one attached hydrogen (secondary N) is 1. The molecule has 0 aromatic heterocycles. The molecule has 2 aromatic carbocycles. The lowest BCUT2D eigenvalue weighted by Gasteiger charge is -2.39. The summed E-state index contributed by atoms with van der Waals surface area (Å²) >= 11 is 0. The Bertz CT molecular complexity index is 1250. The Labute approximate surface area is 201 Å². The number of piperazine rings is 1. The first kappa shape index (κ1) is 23.5. The van der Waals surface area contributed by atoms with Crippen LogP contribution in [-0.2, 0) is 24.8 Å². The van der Waals surface area contributed by atoms with Crippen molar-refractivity contribution in [2.24, 2.45) is 11.8 Å². The predicted molar refractivity (Wildman–Crippen MR) is 127 cm³/mol. The number of benzene rings is 2. The average molecular weight is 504 g/mol. The molecule has 8 nitrogen and oxygen atoms in total. The number of sulfonamides is 2. The van der Waals surface area contributed by atoms with E-state index in [2.05, 4.69) is 5.32 Å². The van der Waals surface area contributed by atoms with E-state index in [1.165, 1.54) is 39.3 Å². The van der Waals surface area contributed by atoms with Crippen molar-refractivity contribution in [3.63, 3.8) is 0 Å². The third-order valence-electron chi connectivity index (χ3n) is 7.39. The molecule has 2 bridgehead atoms. The Morgan fingerprint density at radius 2 is 1.41 bits per heavy atom. The van der Waals surface area contributed by atoms with Gasteiger partial charge in [0.05, 0.1) is 9.79 Å². The normalized spacial score (nSPS) is 28.1. The summed E-state index contributed by atoms with van der Waals surface area (Å²) in [7, 11) is -7.85. The van der Waals surface area contributed by atoms with Crippen molar-refractivity contribution >= 4 is 26.0 Å². The van der Waals surface area contributed by atoms with E-state index in [9.17, 15) is 21.6 Å². The highest BCUT2D eigenvalue weighted by atomic mass is 32.2. The van der Waals surface area contributed by atoms with Crippen molar-refractivity contribution in [1.29, 1.82) is 0 Å². The summed E-state index contributed by atoms with van der Waals surface area (Å²) in [5.41, 5.74) is 0. The van der Waals surface area contributed by atoms with E-state index in [-0.39, 0.29) is 35.5 Å². The molecule has 0 unspecified atom stereocenters. The Balaban J connectivity index is 1.44. The minimum atomic E-state index is -3.98. The third-order valence-corrected chi connectivity index (χ3v) is 11.2. The summed E-state index contributed by atoms with van der Waals surface area (Å²) in [4.78, 5) is 13.7. The molecule has 0 spiro atoms. The van der Waals surface area contributed by atoms with E-state index in [1.54, 1.807) is 36.4 Å². The van der Waals surface area contributed by atoms with Gasteiger partial charge in [-0.1, -0.05) is 42.8 Å². The van der Waals surface area contributed by atoms with Crippen LogP contribution in [0.2, 0.25) is 0 Å². The van der Waals surface area contributed by atoms with Crippen molar-refractivity contribution in [2.75, 3.05) is 19.6 Å². The number of carbonyl (C=O) groups is 1. The lowest BCUT2D eigenvalue weighted by atomic mass is 9.95. The Morgan fingerprint density at radius 3 is 1.97 bits per heavy atom. The first-order valence-corrected chi connectivity index (χ1v) is 14.6. The molecule has 182 valence electrons. The fourth-order valence-electron chi connectivity index (χ4n) is 5.63. The van der Waals surface area contributed by atoms with Gasteiger partial charge in [0.25, 0.3) is 0 Å². The van der Waals surface area contributed by atoms with Crippen molar-refractivity contribution in [1.82, 2.24) is 13.9 Å². The van der Waals surface area contributed by atoms with Crippen LogP contribution in [0, 0.1) is 11.8 Å². The van der Waals surface area contributed by atoms with Crippen LogP contribution in [0.5, 0.6) is 0 Å². The summed E-state index contributed by atoms with van der Waals surface area (Å²) in [6, 6.07) is 14.9. The van der Waals surface area contributed by atoms with Crippen molar-refractivity contribution in [2.45, 2.75) is 47.6 Å². The molecule has 0 radical (unpaired) electrons. The summed E-state index contributed by atoms with van der Waals surface area (Å²) < 4.78 is 55.9. The first-order chi connectivity index (χ1) is 16.3. The number of nitrogens with zero attached hydrogens (tertiary/aromatic N) is 2. The zero-order valence-corrected chi connectivity index (χ0v) is 20.4. The molecule has 34 heavy (non-hydrogen) atoms. The maximum absolute atomic E-state index is 13.5. The maximum Gasteiger partial charge on any atom is 0.243 e. The number of amides is 1. The second-order valence-corrected chi connectivity index (χ2v) is 13.2. The van der Waals surface area contributed by atoms with Gasteiger partial charge in [-0.3, -0.25) is 4.79 Å². The van der Waals surface area contributed by atoms with Crippen LogP contribution in [0.1, 0.15) is 25.7 Å². The average Bonchev–Trinajstić information content (AvgIpc) is 3.48. The van der Waals surface area contributed by atoms with Gasteiger partial charge < -0.3 is 5.32 Å². The number of carbonyl (C=O) groups excluding carboxylic acids is 1. The highest BCUT2D eigenvalue weighted by Gasteiger charge is 2.46. The molecule has 4 atom stereocenters. The molecular formula is C24H29N3O5S2. The fraction of sp³-hybridized carbons (Fsp3) is 0.458. The second-order valence-electron chi connectivity index (χ2n) is 9.41. The molecular weight excluding hydrogens is 474 g/mol. The molecule has 3 fully saturated rings. The van der Waals surface area contributed by atoms with Gasteiger partial charge in [0.1, 0.15) is 6.04 Å². The van der Waals surface area contributed by atoms with Gasteiger partial charge in [-0.25, -0.2) is 16.8 Å². The van der Waals surface area contributed by atoms with Gasteiger partial charge in [-0.15, -0.1) is 0 Å². The summed E-state index contributed by atoms with van der Waals surface area (Å²) in [6.45, 7) is -0.352. The highest BCUT2D eigenvalue weighted by Crippen LogP contribution is 2.44. The molecule has 1 amide bonds. The summed E-state index contributed by atoms with van der Waals surface area (Å²) in [5.74, 6) is 0.603. The largest absolute Gasteiger partial charge is 0.352 e. The molecule has 1 N–H and O–H groups in total. The van der Waals surface area contributed by atoms with Crippen LogP contribution >= 0.6 is 0 Å². The lowest BCUT2D eigenvalue weighted by molar-refractivity contribution is -0.127. The first-order valence-electron chi connectivity index (χ1n) is 11.7. The van der Waals surface area contributed by atoms with E-state index < -0.39 is 32.0 Å². The van der Waals surface area contributed by atoms with Crippen molar-refractivity contribution in [3.05, 3.63) is 60.7 Å². The van der Waals surface area contributed by atoms with E-state index in [4.69, 9.17) is 0 Å². The van der Waals surface area contributed by atoms with Gasteiger partial charge in [0.15, 0.2) is 0 Å². The minimum Gasteiger partial charge on any atom is -0.352 e. The molecule has 2 aromatic rings. The maximum atomic E-state index is 13.5. The van der Waals surface area contributed by atoms with E-state index in [0.29, 0.717) is 11.8 Å². The second kappa shape index (κ2) is 9.07. The number of hydrogen-bond donors (Lipinski definition) is 1. The van der Waals surface area contributed by atoms with E-state index in [0.717, 1.165) is 19.3 Å². The fourth-order valence-corrected chi connectivity index (χ4v) is 8.68. The third kappa shape index (κ3) is 4.28. The van der Waals surface area contributed by atoms with Crippen LogP contribution < -0.4 is 5.32 Å². The molecule has 10 heteroatoms. The monoisotopic (exact) mass is 503 g/mol. The van der Waals surface area contributed by atoms with Crippen LogP contribution in [0.3, 0.4) is 0 Å². The Morgan fingerprint density at radius 1 is 0.794 bits per heavy atom. The quantitative estimate of drug-likeness (QED) is 0.650. The van der Waals surface area contributed by atoms with Gasteiger partial charge in [0, 0.05) is 25.7 Å². The SMILES string of the molecule is O=C(N[C@@H]1C[C@H]2CC[C@H]1C2)[C@@H]1CN(S(=O)(=O)c2ccccc2)CCN1S(=O)(=O)c1ccccc1. The molecule has 2 aliphatic carbocycles. The van der Waals surface area contributed by atoms with Gasteiger partial charge in [-0.05, 0) is 55.4 Å². The minimum absolute atomic E-state index is 0.0219. The number of hydrogen-bond acceptors (Lipinski definition) is 5. The Kier molecular flexibility index (Phi) is 6.26. The number of rotatable bonds is 6. The van der Waals surface area contributed by atoms with Gasteiger partial charge in [-0.2, -0.15) is 8.61 Å².